The van der Waals surface area contributed by atoms with Gasteiger partial charge in [-0.1, -0.05) is 65.9 Å². The van der Waals surface area contributed by atoms with Gasteiger partial charge in [0, 0.05) is 18.9 Å². The zero-order valence-corrected chi connectivity index (χ0v) is 26.5. The van der Waals surface area contributed by atoms with Gasteiger partial charge in [0.05, 0.1) is 12.1 Å². The molecule has 1 aliphatic carbocycles. The highest BCUT2D eigenvalue weighted by molar-refractivity contribution is 6.43. The molecule has 1 aromatic heterocycles. The summed E-state index contributed by atoms with van der Waals surface area (Å²) in [6.07, 6.45) is 12.4. The van der Waals surface area contributed by atoms with Gasteiger partial charge in [0.2, 0.25) is 17.7 Å². The van der Waals surface area contributed by atoms with E-state index in [4.69, 9.17) is 0 Å². The topological polar surface area (TPSA) is 174 Å². The Bertz CT molecular complexity index is 1150. The fourth-order valence-corrected chi connectivity index (χ4v) is 6.38. The van der Waals surface area contributed by atoms with E-state index in [0.717, 1.165) is 32.1 Å². The van der Waals surface area contributed by atoms with Crippen LogP contribution in [0.15, 0.2) is 31.2 Å². The second kappa shape index (κ2) is 16.1. The first-order valence-corrected chi connectivity index (χ1v) is 15.9. The summed E-state index contributed by atoms with van der Waals surface area (Å²) in [5, 5.41) is 28.3. The molecule has 0 bridgehead atoms. The fraction of sp³-hybridized carbons (Fsp3) is 0.677. The maximum absolute atomic E-state index is 14.5. The van der Waals surface area contributed by atoms with Crippen LogP contribution in [0.2, 0.25) is 0 Å². The second-order valence-electron chi connectivity index (χ2n) is 12.8. The molecule has 44 heavy (non-hydrogen) atoms. The number of likely N-dealkylation sites (tertiary alicyclic amines) is 1. The number of carbonyl (C=O) groups excluding carboxylic acids is 4. The minimum absolute atomic E-state index is 0.0729. The van der Waals surface area contributed by atoms with Gasteiger partial charge in [-0.15, -0.1) is 6.58 Å². The maximum atomic E-state index is 14.5. The molecular formula is C31H49BN6O6. The van der Waals surface area contributed by atoms with Crippen LogP contribution >= 0.6 is 0 Å². The highest BCUT2D eigenvalue weighted by Crippen LogP contribution is 2.35. The highest BCUT2D eigenvalue weighted by Gasteiger charge is 2.51. The largest absolute Gasteiger partial charge is 0.475 e. The van der Waals surface area contributed by atoms with E-state index in [1.54, 1.807) is 18.7 Å². The predicted molar refractivity (Wildman–Crippen MR) is 167 cm³/mol. The third kappa shape index (κ3) is 8.65. The molecule has 13 heteroatoms. The van der Waals surface area contributed by atoms with Gasteiger partial charge < -0.3 is 30.9 Å². The number of rotatable bonds is 14. The van der Waals surface area contributed by atoms with Gasteiger partial charge in [-0.25, -0.2) is 4.98 Å². The van der Waals surface area contributed by atoms with E-state index in [1.165, 1.54) is 24.7 Å². The van der Waals surface area contributed by atoms with Crippen molar-refractivity contribution in [2.75, 3.05) is 6.54 Å². The van der Waals surface area contributed by atoms with Crippen LogP contribution in [-0.4, -0.2) is 85.8 Å². The Morgan fingerprint density at radius 1 is 1.09 bits per heavy atom. The SMILES string of the molecule is C=CCC(NC(=O)[C@H](CC1CCCCC1)N1CCCC(NC(=O)C(NC(=O)c2cnccn2)C(C)C)(C(C)C)C1=O)B(O)O. The standard InChI is InChI=1S/C31H49BN6O6/c1-6-11-25(32(43)44)35-28(40)24(18-22-12-8-7-9-13-22)38-17-10-14-31(21(4)5,30(38)42)37-29(41)26(20(2)3)36-27(39)23-19-33-15-16-34-23/h6,15-16,19-22,24-26,43-44H,1,7-14,17-18H2,2-5H3,(H,35,40)(H,36,39)(H,37,41)/t24-,25?,26?,31?/m0/s1. The van der Waals surface area contributed by atoms with Crippen molar-refractivity contribution in [2.24, 2.45) is 17.8 Å². The Labute approximate surface area is 261 Å². The lowest BCUT2D eigenvalue weighted by atomic mass is 9.75. The van der Waals surface area contributed by atoms with Crippen LogP contribution in [0.1, 0.15) is 96.0 Å². The molecule has 0 spiro atoms. The lowest BCUT2D eigenvalue weighted by Gasteiger charge is -2.48. The number of hydrogen-bond donors (Lipinski definition) is 5. The van der Waals surface area contributed by atoms with E-state index in [1.807, 2.05) is 13.8 Å². The second-order valence-corrected chi connectivity index (χ2v) is 12.8. The van der Waals surface area contributed by atoms with Gasteiger partial charge in [-0.3, -0.25) is 24.2 Å². The van der Waals surface area contributed by atoms with Crippen molar-refractivity contribution in [2.45, 2.75) is 109 Å². The van der Waals surface area contributed by atoms with Crippen LogP contribution in [0.4, 0.5) is 0 Å². The van der Waals surface area contributed by atoms with Gasteiger partial charge in [0.25, 0.3) is 5.91 Å². The molecule has 2 heterocycles. The van der Waals surface area contributed by atoms with Crippen LogP contribution in [0.5, 0.6) is 0 Å². The molecule has 0 aromatic carbocycles. The summed E-state index contributed by atoms with van der Waals surface area (Å²) in [5.74, 6) is -3.19. The van der Waals surface area contributed by atoms with Crippen LogP contribution in [-0.2, 0) is 14.4 Å². The Balaban J connectivity index is 1.89. The molecule has 12 nitrogen and oxygen atoms in total. The van der Waals surface area contributed by atoms with E-state index in [9.17, 15) is 29.2 Å². The molecule has 3 unspecified atom stereocenters. The van der Waals surface area contributed by atoms with Gasteiger partial charge in [0.1, 0.15) is 23.3 Å². The summed E-state index contributed by atoms with van der Waals surface area (Å²) in [6, 6.07) is -1.79. The summed E-state index contributed by atoms with van der Waals surface area (Å²) in [7, 11) is -1.79. The molecule has 5 N–H and O–H groups in total. The molecule has 4 atom stereocenters. The molecule has 3 rings (SSSR count). The zero-order chi connectivity index (χ0) is 32.4. The van der Waals surface area contributed by atoms with E-state index in [2.05, 4.69) is 32.5 Å². The first kappa shape index (κ1) is 35.2. The van der Waals surface area contributed by atoms with Gasteiger partial charge >= 0.3 is 7.12 Å². The van der Waals surface area contributed by atoms with Crippen LogP contribution in [0.25, 0.3) is 0 Å². The summed E-state index contributed by atoms with van der Waals surface area (Å²) in [5.41, 5.74) is -1.23. The fourth-order valence-electron chi connectivity index (χ4n) is 6.38. The van der Waals surface area contributed by atoms with Gasteiger partial charge in [-0.05, 0) is 43.4 Å². The van der Waals surface area contributed by atoms with Gasteiger partial charge in [0.15, 0.2) is 0 Å². The number of carbonyl (C=O) groups is 4. The van der Waals surface area contributed by atoms with Crippen molar-refractivity contribution in [3.63, 3.8) is 0 Å². The predicted octanol–water partition coefficient (Wildman–Crippen LogP) is 1.78. The van der Waals surface area contributed by atoms with Gasteiger partial charge in [-0.2, -0.15) is 0 Å². The van der Waals surface area contributed by atoms with E-state index in [-0.39, 0.29) is 35.8 Å². The number of hydrogen-bond acceptors (Lipinski definition) is 8. The quantitative estimate of drug-likeness (QED) is 0.156. The molecule has 2 fully saturated rings. The number of nitrogens with one attached hydrogen (secondary N) is 3. The van der Waals surface area contributed by atoms with Crippen molar-refractivity contribution in [1.29, 1.82) is 0 Å². The minimum Gasteiger partial charge on any atom is -0.426 e. The van der Waals surface area contributed by atoms with Crippen LogP contribution < -0.4 is 16.0 Å². The number of aromatic nitrogens is 2. The molecule has 2 aliphatic rings. The lowest BCUT2D eigenvalue weighted by Crippen LogP contribution is -2.70. The number of nitrogens with zero attached hydrogens (tertiary/aromatic N) is 3. The molecule has 1 saturated carbocycles. The number of piperidine rings is 1. The van der Waals surface area contributed by atoms with Crippen molar-refractivity contribution in [3.8, 4) is 0 Å². The van der Waals surface area contributed by atoms with Crippen molar-refractivity contribution >= 4 is 30.7 Å². The number of amides is 4. The summed E-state index contributed by atoms with van der Waals surface area (Å²) >= 11 is 0. The highest BCUT2D eigenvalue weighted by atomic mass is 16.4. The van der Waals surface area contributed by atoms with E-state index < -0.39 is 48.4 Å². The molecule has 0 radical (unpaired) electrons. The smallest absolute Gasteiger partial charge is 0.426 e. The molecule has 1 aromatic rings. The molecular weight excluding hydrogens is 563 g/mol. The Morgan fingerprint density at radius 3 is 2.36 bits per heavy atom. The average Bonchev–Trinajstić information content (AvgIpc) is 3.00. The Morgan fingerprint density at radius 2 is 1.80 bits per heavy atom. The Hall–Kier alpha value is -3.32. The van der Waals surface area contributed by atoms with Crippen molar-refractivity contribution in [3.05, 3.63) is 36.9 Å². The molecule has 1 saturated heterocycles. The third-order valence-corrected chi connectivity index (χ3v) is 9.04. The maximum Gasteiger partial charge on any atom is 0.475 e. The third-order valence-electron chi connectivity index (χ3n) is 9.04. The van der Waals surface area contributed by atoms with Crippen LogP contribution in [0, 0.1) is 17.8 Å². The minimum atomic E-state index is -1.79. The van der Waals surface area contributed by atoms with Crippen molar-refractivity contribution in [1.82, 2.24) is 30.8 Å². The molecule has 242 valence electrons. The summed E-state index contributed by atoms with van der Waals surface area (Å²) in [4.78, 5) is 64.5. The Kier molecular flexibility index (Phi) is 12.9. The van der Waals surface area contributed by atoms with Crippen molar-refractivity contribution < 1.29 is 29.2 Å². The van der Waals surface area contributed by atoms with E-state index >= 15 is 0 Å². The molecule has 1 aliphatic heterocycles. The summed E-state index contributed by atoms with van der Waals surface area (Å²) in [6.45, 7) is 11.3. The lowest BCUT2D eigenvalue weighted by molar-refractivity contribution is -0.154. The average molecular weight is 613 g/mol. The first-order valence-electron chi connectivity index (χ1n) is 15.9. The normalized spacial score (nSPS) is 21.4. The molecule has 4 amide bonds. The first-order chi connectivity index (χ1) is 20.9. The monoisotopic (exact) mass is 612 g/mol. The zero-order valence-electron chi connectivity index (χ0n) is 26.5. The van der Waals surface area contributed by atoms with E-state index in [0.29, 0.717) is 25.8 Å². The van der Waals surface area contributed by atoms with Crippen LogP contribution in [0.3, 0.4) is 0 Å². The summed E-state index contributed by atoms with van der Waals surface area (Å²) < 4.78 is 0.